The molecule has 2 aliphatic heterocycles. The van der Waals surface area contributed by atoms with E-state index in [1.807, 2.05) is 32.4 Å². The minimum absolute atomic E-state index is 0.0103. The van der Waals surface area contributed by atoms with Crippen molar-refractivity contribution >= 4 is 33.8 Å². The highest BCUT2D eigenvalue weighted by atomic mass is 35.5. The normalized spacial score (nSPS) is 17.5. The highest BCUT2D eigenvalue weighted by Crippen LogP contribution is 2.39. The van der Waals surface area contributed by atoms with Crippen LogP contribution >= 0.6 is 11.6 Å². The standard InChI is InChI=1S/C26H29ClN6O2/c1-15-12-18(16(2)32-10-11-35-24-20(32)4-5-21(27)30-24)23-19(13-15)26(34)31(3)25-22(29-14-33(23)25)17-6-8-28-9-7-17/h4-5,12-14,16-17,28H,6-11H2,1-3H3. The van der Waals surface area contributed by atoms with Crippen LogP contribution in [0.5, 0.6) is 5.88 Å². The summed E-state index contributed by atoms with van der Waals surface area (Å²) in [5.74, 6) is 0.891. The Hall–Kier alpha value is -3.10. The number of fused-ring (bicyclic) bond motifs is 4. The fourth-order valence-electron chi connectivity index (χ4n) is 5.74. The first-order valence-electron chi connectivity index (χ1n) is 12.2. The second-order valence-corrected chi connectivity index (χ2v) is 10.0. The highest BCUT2D eigenvalue weighted by molar-refractivity contribution is 6.29. The Labute approximate surface area is 208 Å². The lowest BCUT2D eigenvalue weighted by Crippen LogP contribution is -2.35. The number of piperidine rings is 1. The van der Waals surface area contributed by atoms with Gasteiger partial charge in [-0.05, 0) is 69.1 Å². The molecule has 1 aromatic carbocycles. The van der Waals surface area contributed by atoms with E-state index in [2.05, 4.69) is 32.6 Å². The van der Waals surface area contributed by atoms with Gasteiger partial charge < -0.3 is 15.0 Å². The number of anilines is 1. The van der Waals surface area contributed by atoms with Gasteiger partial charge in [0.05, 0.1) is 29.2 Å². The van der Waals surface area contributed by atoms with Gasteiger partial charge in [0.25, 0.3) is 5.56 Å². The van der Waals surface area contributed by atoms with Gasteiger partial charge in [-0.2, -0.15) is 4.98 Å². The van der Waals surface area contributed by atoms with Crippen LogP contribution in [0.4, 0.5) is 5.69 Å². The van der Waals surface area contributed by atoms with Crippen LogP contribution in [0.1, 0.15) is 48.5 Å². The van der Waals surface area contributed by atoms with Crippen LogP contribution in [0, 0.1) is 6.92 Å². The van der Waals surface area contributed by atoms with Crippen molar-refractivity contribution in [3.05, 3.63) is 62.9 Å². The molecule has 35 heavy (non-hydrogen) atoms. The van der Waals surface area contributed by atoms with Gasteiger partial charge in [-0.25, -0.2) is 4.98 Å². The number of pyridine rings is 1. The molecule has 5 heterocycles. The van der Waals surface area contributed by atoms with Crippen molar-refractivity contribution in [3.8, 4) is 5.88 Å². The number of ether oxygens (including phenoxy) is 1. The van der Waals surface area contributed by atoms with Crippen LogP contribution in [-0.4, -0.2) is 45.2 Å². The summed E-state index contributed by atoms with van der Waals surface area (Å²) in [7, 11) is 1.86. The van der Waals surface area contributed by atoms with Crippen molar-refractivity contribution in [1.29, 1.82) is 0 Å². The third-order valence-electron chi connectivity index (χ3n) is 7.48. The molecule has 0 amide bonds. The molecule has 0 spiro atoms. The zero-order valence-electron chi connectivity index (χ0n) is 20.2. The number of nitrogens with zero attached hydrogens (tertiary/aromatic N) is 5. The molecule has 3 aromatic heterocycles. The van der Waals surface area contributed by atoms with E-state index in [-0.39, 0.29) is 11.6 Å². The predicted octanol–water partition coefficient (Wildman–Crippen LogP) is 3.97. The molecule has 2 aliphatic rings. The number of benzene rings is 1. The Morgan fingerprint density at radius 3 is 2.83 bits per heavy atom. The Morgan fingerprint density at radius 2 is 2.03 bits per heavy atom. The smallest absolute Gasteiger partial charge is 0.261 e. The Balaban J connectivity index is 1.58. The maximum absolute atomic E-state index is 13.7. The molecule has 1 N–H and O–H groups in total. The van der Waals surface area contributed by atoms with Crippen LogP contribution in [-0.2, 0) is 7.05 Å². The van der Waals surface area contributed by atoms with Crippen LogP contribution in [0.15, 0.2) is 35.4 Å². The molecule has 0 aliphatic carbocycles. The van der Waals surface area contributed by atoms with Crippen LogP contribution < -0.4 is 20.5 Å². The molecule has 1 atom stereocenters. The van der Waals surface area contributed by atoms with E-state index in [0.717, 1.165) is 59.6 Å². The number of rotatable bonds is 3. The van der Waals surface area contributed by atoms with Crippen molar-refractivity contribution in [2.24, 2.45) is 7.05 Å². The molecule has 0 saturated carbocycles. The summed E-state index contributed by atoms with van der Waals surface area (Å²) in [6.45, 7) is 7.40. The van der Waals surface area contributed by atoms with Gasteiger partial charge in [0.2, 0.25) is 5.88 Å². The quantitative estimate of drug-likeness (QED) is 0.436. The van der Waals surface area contributed by atoms with Crippen LogP contribution in [0.25, 0.3) is 16.6 Å². The zero-order chi connectivity index (χ0) is 24.3. The van der Waals surface area contributed by atoms with E-state index in [0.29, 0.717) is 35.5 Å². The van der Waals surface area contributed by atoms with Crippen molar-refractivity contribution in [3.63, 3.8) is 0 Å². The third kappa shape index (κ3) is 3.58. The van der Waals surface area contributed by atoms with E-state index < -0.39 is 0 Å². The molecule has 1 saturated heterocycles. The average molecular weight is 493 g/mol. The molecule has 9 heteroatoms. The third-order valence-corrected chi connectivity index (χ3v) is 7.69. The van der Waals surface area contributed by atoms with E-state index in [1.165, 1.54) is 0 Å². The van der Waals surface area contributed by atoms with Gasteiger partial charge in [-0.15, -0.1) is 0 Å². The topological polar surface area (TPSA) is 76.7 Å². The van der Waals surface area contributed by atoms with Crippen molar-refractivity contribution in [2.45, 2.75) is 38.6 Å². The molecule has 6 rings (SSSR count). The molecule has 0 bridgehead atoms. The summed E-state index contributed by atoms with van der Waals surface area (Å²) in [5, 5.41) is 4.54. The minimum Gasteiger partial charge on any atom is -0.474 e. The molecule has 1 unspecified atom stereocenters. The van der Waals surface area contributed by atoms with Gasteiger partial charge in [-0.1, -0.05) is 17.7 Å². The largest absolute Gasteiger partial charge is 0.474 e. The number of aromatic nitrogens is 4. The van der Waals surface area contributed by atoms with E-state index in [9.17, 15) is 4.79 Å². The van der Waals surface area contributed by atoms with E-state index >= 15 is 0 Å². The summed E-state index contributed by atoms with van der Waals surface area (Å²) in [6.07, 6.45) is 3.95. The van der Waals surface area contributed by atoms with Crippen molar-refractivity contribution < 1.29 is 4.74 Å². The molecule has 8 nitrogen and oxygen atoms in total. The molecule has 182 valence electrons. The molecule has 1 fully saturated rings. The van der Waals surface area contributed by atoms with E-state index in [4.69, 9.17) is 21.3 Å². The van der Waals surface area contributed by atoms with Crippen LogP contribution in [0.3, 0.4) is 0 Å². The number of halogens is 1. The lowest BCUT2D eigenvalue weighted by Gasteiger charge is -2.36. The first-order valence-corrected chi connectivity index (χ1v) is 12.6. The summed E-state index contributed by atoms with van der Waals surface area (Å²) in [6, 6.07) is 7.90. The number of hydrogen-bond donors (Lipinski definition) is 1. The maximum atomic E-state index is 13.7. The summed E-state index contributed by atoms with van der Waals surface area (Å²) >= 11 is 6.12. The summed E-state index contributed by atoms with van der Waals surface area (Å²) in [5.41, 5.74) is 5.88. The Morgan fingerprint density at radius 1 is 1.23 bits per heavy atom. The number of aryl methyl sites for hydroxylation is 2. The van der Waals surface area contributed by atoms with Gasteiger partial charge >= 0.3 is 0 Å². The molecular formula is C26H29ClN6O2. The number of nitrogens with one attached hydrogen (secondary N) is 1. The van der Waals surface area contributed by atoms with Gasteiger partial charge in [0.15, 0.2) is 0 Å². The highest BCUT2D eigenvalue weighted by Gasteiger charge is 2.29. The van der Waals surface area contributed by atoms with Crippen LogP contribution in [0.2, 0.25) is 5.15 Å². The second kappa shape index (κ2) is 8.53. The number of hydrogen-bond acceptors (Lipinski definition) is 6. The fourth-order valence-corrected chi connectivity index (χ4v) is 5.88. The monoisotopic (exact) mass is 492 g/mol. The maximum Gasteiger partial charge on any atom is 0.261 e. The van der Waals surface area contributed by atoms with Gasteiger partial charge in [0.1, 0.15) is 29.4 Å². The first kappa shape index (κ1) is 22.4. The molecule has 0 radical (unpaired) electrons. The number of imidazole rings is 1. The van der Waals surface area contributed by atoms with Gasteiger partial charge in [-0.3, -0.25) is 13.8 Å². The second-order valence-electron chi connectivity index (χ2n) is 9.64. The Kier molecular flexibility index (Phi) is 5.45. The molecular weight excluding hydrogens is 464 g/mol. The fraction of sp³-hybridized carbons (Fsp3) is 0.423. The average Bonchev–Trinajstić information content (AvgIpc) is 3.31. The molecule has 4 aromatic rings. The lowest BCUT2D eigenvalue weighted by atomic mass is 9.94. The Bertz CT molecular complexity index is 1500. The summed E-state index contributed by atoms with van der Waals surface area (Å²) in [4.78, 5) is 25.2. The zero-order valence-corrected chi connectivity index (χ0v) is 21.0. The SMILES string of the molecule is Cc1cc(C(C)N2CCOc3nc(Cl)ccc32)c2c(c1)c(=O)n(C)c1c(C3CCNCC3)ncn21. The van der Waals surface area contributed by atoms with Gasteiger partial charge in [0, 0.05) is 13.0 Å². The van der Waals surface area contributed by atoms with Crippen molar-refractivity contribution in [1.82, 2.24) is 24.3 Å². The lowest BCUT2D eigenvalue weighted by molar-refractivity contribution is 0.290. The summed E-state index contributed by atoms with van der Waals surface area (Å²) < 4.78 is 9.70. The van der Waals surface area contributed by atoms with E-state index in [1.54, 1.807) is 10.6 Å². The predicted molar refractivity (Wildman–Crippen MR) is 138 cm³/mol. The minimum atomic E-state index is -0.0249. The van der Waals surface area contributed by atoms with Crippen molar-refractivity contribution in [2.75, 3.05) is 31.1 Å². The first-order chi connectivity index (χ1) is 16.9.